The molecule has 1 aliphatic heterocycles. The Balaban J connectivity index is 0.000000374. The lowest BCUT2D eigenvalue weighted by Crippen LogP contribution is -2.23. The maximum absolute atomic E-state index is 9.49. The number of aliphatic hydroxyl groups is 1. The molecule has 0 radical (unpaired) electrons. The summed E-state index contributed by atoms with van der Waals surface area (Å²) in [7, 11) is 3.29. The predicted molar refractivity (Wildman–Crippen MR) is 134 cm³/mol. The summed E-state index contributed by atoms with van der Waals surface area (Å²) in [4.78, 5) is 0. The number of aliphatic hydroxyl groups excluding tert-OH is 1. The fraction of sp³-hybridized carbons (Fsp3) is 0.321. The molecule has 0 aliphatic carbocycles. The molecule has 0 saturated heterocycles. The van der Waals surface area contributed by atoms with E-state index in [0.717, 1.165) is 29.0 Å². The first-order valence-electron chi connectivity index (χ1n) is 11.2. The van der Waals surface area contributed by atoms with Crippen molar-refractivity contribution in [2.24, 2.45) is 5.10 Å². The molecule has 3 aromatic carbocycles. The average molecular weight is 447 g/mol. The fourth-order valence-corrected chi connectivity index (χ4v) is 3.94. The molecule has 0 fully saturated rings. The van der Waals surface area contributed by atoms with Crippen LogP contribution in [-0.4, -0.2) is 43.2 Å². The highest BCUT2D eigenvalue weighted by molar-refractivity contribution is 6.02. The van der Waals surface area contributed by atoms with Gasteiger partial charge in [-0.05, 0) is 49.6 Å². The van der Waals surface area contributed by atoms with Crippen LogP contribution in [0, 0.1) is 20.8 Å². The Kier molecular flexibility index (Phi) is 8.50. The maximum atomic E-state index is 9.49. The van der Waals surface area contributed by atoms with E-state index >= 15 is 0 Å². The summed E-state index contributed by atoms with van der Waals surface area (Å²) in [6, 6.07) is 22.6. The van der Waals surface area contributed by atoms with Gasteiger partial charge in [0, 0.05) is 12.0 Å². The van der Waals surface area contributed by atoms with Gasteiger partial charge in [-0.1, -0.05) is 60.2 Å². The normalized spacial score (nSPS) is 14.9. The highest BCUT2D eigenvalue weighted by atomic mass is 16.5. The number of methoxy groups -OCH3 is 2. The third-order valence-corrected chi connectivity index (χ3v) is 5.90. The van der Waals surface area contributed by atoms with Crippen LogP contribution in [0.5, 0.6) is 11.5 Å². The SMILES string of the molecule is COc1cccc(C2CC(c3ccc(C)c(C)c3)=NN2CCO)c1OC.Cc1ccccc1. The maximum Gasteiger partial charge on any atom is 0.166 e. The van der Waals surface area contributed by atoms with Crippen LogP contribution in [0.1, 0.15) is 40.3 Å². The number of para-hydroxylation sites is 1. The van der Waals surface area contributed by atoms with Crippen molar-refractivity contribution in [2.75, 3.05) is 27.4 Å². The molecule has 0 aromatic heterocycles. The first-order chi connectivity index (χ1) is 16.0. The van der Waals surface area contributed by atoms with Gasteiger partial charge in [-0.25, -0.2) is 0 Å². The highest BCUT2D eigenvalue weighted by Crippen LogP contribution is 2.41. The summed E-state index contributed by atoms with van der Waals surface area (Å²) in [5, 5.41) is 16.2. The Morgan fingerprint density at radius 2 is 1.67 bits per heavy atom. The van der Waals surface area contributed by atoms with E-state index in [9.17, 15) is 5.11 Å². The molecule has 0 amide bonds. The molecule has 5 heteroatoms. The zero-order valence-electron chi connectivity index (χ0n) is 20.2. The van der Waals surface area contributed by atoms with Crippen molar-refractivity contribution in [1.29, 1.82) is 0 Å². The van der Waals surface area contributed by atoms with Crippen molar-refractivity contribution in [3.05, 3.63) is 94.5 Å². The molecular formula is C28H34N2O3. The Morgan fingerprint density at radius 3 is 2.24 bits per heavy atom. The van der Waals surface area contributed by atoms with Crippen molar-refractivity contribution in [1.82, 2.24) is 5.01 Å². The second-order valence-electron chi connectivity index (χ2n) is 8.19. The Labute approximate surface area is 197 Å². The number of rotatable bonds is 6. The third kappa shape index (κ3) is 5.93. The lowest BCUT2D eigenvalue weighted by atomic mass is 9.96. The molecule has 4 rings (SSSR count). The molecule has 3 aromatic rings. The van der Waals surface area contributed by atoms with Crippen molar-refractivity contribution in [2.45, 2.75) is 33.2 Å². The minimum atomic E-state index is 0.00353. The van der Waals surface area contributed by atoms with Crippen LogP contribution in [0.4, 0.5) is 0 Å². The van der Waals surface area contributed by atoms with E-state index in [-0.39, 0.29) is 12.6 Å². The lowest BCUT2D eigenvalue weighted by Gasteiger charge is -2.25. The zero-order chi connectivity index (χ0) is 23.8. The monoisotopic (exact) mass is 446 g/mol. The number of β-amino-alcohol motifs (C(OH)–C–C–N with tert-alkyl or cyclic N) is 1. The number of hydrazone groups is 1. The lowest BCUT2D eigenvalue weighted by molar-refractivity contribution is 0.169. The van der Waals surface area contributed by atoms with Crippen LogP contribution in [-0.2, 0) is 0 Å². The molecule has 1 unspecified atom stereocenters. The summed E-state index contributed by atoms with van der Waals surface area (Å²) in [5.41, 5.74) is 7.01. The number of aryl methyl sites for hydroxylation is 3. The van der Waals surface area contributed by atoms with Gasteiger partial charge in [0.05, 0.1) is 39.1 Å². The van der Waals surface area contributed by atoms with Crippen LogP contribution >= 0.6 is 0 Å². The minimum absolute atomic E-state index is 0.00353. The Bertz CT molecular complexity index is 1080. The molecule has 174 valence electrons. The quantitative estimate of drug-likeness (QED) is 0.546. The van der Waals surface area contributed by atoms with E-state index in [2.05, 4.69) is 51.1 Å². The van der Waals surface area contributed by atoms with E-state index in [0.29, 0.717) is 12.3 Å². The van der Waals surface area contributed by atoms with Gasteiger partial charge in [0.15, 0.2) is 11.5 Å². The summed E-state index contributed by atoms with van der Waals surface area (Å²) in [6.45, 7) is 6.83. The largest absolute Gasteiger partial charge is 0.493 e. The van der Waals surface area contributed by atoms with Gasteiger partial charge in [0.2, 0.25) is 0 Å². The standard InChI is InChI=1S/C21H26N2O3.C7H8/c1-14-8-9-16(12-15(14)2)18-13-19(23(22-18)10-11-24)17-6-5-7-20(25-3)21(17)26-4;1-7-5-3-2-4-6-7/h5-9,12,19,24H,10-11,13H2,1-4H3;2-6H,1H3. The molecule has 1 heterocycles. The molecular weight excluding hydrogens is 412 g/mol. The van der Waals surface area contributed by atoms with Crippen molar-refractivity contribution in [3.8, 4) is 11.5 Å². The molecule has 5 nitrogen and oxygen atoms in total. The zero-order valence-corrected chi connectivity index (χ0v) is 20.2. The molecule has 33 heavy (non-hydrogen) atoms. The number of nitrogens with zero attached hydrogens (tertiary/aromatic N) is 2. The van der Waals surface area contributed by atoms with E-state index in [4.69, 9.17) is 14.6 Å². The average Bonchev–Trinajstić information content (AvgIpc) is 3.25. The van der Waals surface area contributed by atoms with Crippen LogP contribution in [0.2, 0.25) is 0 Å². The predicted octanol–water partition coefficient (Wildman–Crippen LogP) is 5.46. The van der Waals surface area contributed by atoms with Gasteiger partial charge in [0.1, 0.15) is 0 Å². The van der Waals surface area contributed by atoms with Crippen molar-refractivity contribution < 1.29 is 14.6 Å². The fourth-order valence-electron chi connectivity index (χ4n) is 3.94. The van der Waals surface area contributed by atoms with Crippen LogP contribution in [0.3, 0.4) is 0 Å². The van der Waals surface area contributed by atoms with Crippen molar-refractivity contribution >= 4 is 5.71 Å². The highest BCUT2D eigenvalue weighted by Gasteiger charge is 2.31. The molecule has 1 aliphatic rings. The first kappa shape index (κ1) is 24.3. The number of hydrogen-bond donors (Lipinski definition) is 1. The molecule has 0 saturated carbocycles. The minimum Gasteiger partial charge on any atom is -0.493 e. The van der Waals surface area contributed by atoms with Gasteiger partial charge in [-0.3, -0.25) is 5.01 Å². The van der Waals surface area contributed by atoms with E-state index < -0.39 is 0 Å². The molecule has 1 N–H and O–H groups in total. The summed E-state index contributed by atoms with van der Waals surface area (Å²) >= 11 is 0. The molecule has 0 bridgehead atoms. The van der Waals surface area contributed by atoms with Crippen LogP contribution < -0.4 is 9.47 Å². The summed E-state index contributed by atoms with van der Waals surface area (Å²) in [5.74, 6) is 1.42. The third-order valence-electron chi connectivity index (χ3n) is 5.90. The Hall–Kier alpha value is -3.31. The molecule has 0 spiro atoms. The Morgan fingerprint density at radius 1 is 0.909 bits per heavy atom. The first-order valence-corrected chi connectivity index (χ1v) is 11.2. The smallest absolute Gasteiger partial charge is 0.166 e. The second-order valence-corrected chi connectivity index (χ2v) is 8.19. The van der Waals surface area contributed by atoms with E-state index in [1.54, 1.807) is 14.2 Å². The number of benzene rings is 3. The van der Waals surface area contributed by atoms with Gasteiger partial charge in [0.25, 0.3) is 0 Å². The topological polar surface area (TPSA) is 54.3 Å². The van der Waals surface area contributed by atoms with Gasteiger partial charge in [-0.2, -0.15) is 5.10 Å². The number of hydrogen-bond acceptors (Lipinski definition) is 5. The second kappa shape index (κ2) is 11.5. The van der Waals surface area contributed by atoms with E-state index in [1.807, 2.05) is 41.4 Å². The summed E-state index contributed by atoms with van der Waals surface area (Å²) in [6.07, 6.45) is 0.756. The molecule has 1 atom stereocenters. The van der Waals surface area contributed by atoms with Gasteiger partial charge in [-0.15, -0.1) is 0 Å². The van der Waals surface area contributed by atoms with Gasteiger partial charge < -0.3 is 14.6 Å². The van der Waals surface area contributed by atoms with Crippen LogP contribution in [0.25, 0.3) is 0 Å². The van der Waals surface area contributed by atoms with Gasteiger partial charge >= 0.3 is 0 Å². The van der Waals surface area contributed by atoms with Crippen LogP contribution in [0.15, 0.2) is 71.8 Å². The van der Waals surface area contributed by atoms with Crippen molar-refractivity contribution in [3.63, 3.8) is 0 Å². The summed E-state index contributed by atoms with van der Waals surface area (Å²) < 4.78 is 11.1. The number of ether oxygens (including phenoxy) is 2. The van der Waals surface area contributed by atoms with E-state index in [1.165, 1.54) is 16.7 Å².